The van der Waals surface area contributed by atoms with Gasteiger partial charge in [-0.25, -0.2) is 0 Å². The van der Waals surface area contributed by atoms with Gasteiger partial charge in [-0.2, -0.15) is 26.3 Å². The van der Waals surface area contributed by atoms with Crippen LogP contribution in [-0.4, -0.2) is 35.2 Å². The molecule has 3 rings (SSSR count). The number of quaternary nitrogens is 1. The Morgan fingerprint density at radius 3 is 2.02 bits per heavy atom. The number of fused-ring (bicyclic) bond motifs is 1. The third kappa shape index (κ3) is 9.60. The third-order valence-electron chi connectivity index (χ3n) is 8.06. The lowest BCUT2D eigenvalue weighted by molar-refractivity contribution is -0.571. The minimum Gasteiger partial charge on any atom is -0.481 e. The van der Waals surface area contributed by atoms with Crippen molar-refractivity contribution in [2.75, 3.05) is 18.0 Å². The normalized spacial score (nSPS) is 16.2. The molecule has 0 saturated heterocycles. The summed E-state index contributed by atoms with van der Waals surface area (Å²) in [6.07, 6.45) is 3.14. The van der Waals surface area contributed by atoms with Crippen LogP contribution in [0.3, 0.4) is 0 Å². The van der Waals surface area contributed by atoms with E-state index in [2.05, 4.69) is 0 Å². The number of aliphatic carboxylic acids is 2. The van der Waals surface area contributed by atoms with Crippen molar-refractivity contribution in [3.63, 3.8) is 0 Å². The lowest BCUT2D eigenvalue weighted by Gasteiger charge is -2.26. The monoisotopic (exact) mass is 665 g/mol. The van der Waals surface area contributed by atoms with E-state index in [1.54, 1.807) is 60.5 Å². The van der Waals surface area contributed by atoms with E-state index in [4.69, 9.17) is 5.11 Å². The molecule has 0 spiro atoms. The van der Waals surface area contributed by atoms with Gasteiger partial charge in [-0.3, -0.25) is 9.59 Å². The number of carbonyl (C=O) groups is 2. The average molecular weight is 666 g/mol. The number of alkyl halides is 6. The smallest absolute Gasteiger partial charge is 0.416 e. The summed E-state index contributed by atoms with van der Waals surface area (Å²) in [6.45, 7) is 7.45. The number of benzene rings is 2. The van der Waals surface area contributed by atoms with Gasteiger partial charge < -0.3 is 20.4 Å². The van der Waals surface area contributed by atoms with E-state index in [-0.39, 0.29) is 25.9 Å². The summed E-state index contributed by atoms with van der Waals surface area (Å²) in [5.74, 6) is -2.03. The van der Waals surface area contributed by atoms with Gasteiger partial charge in [-0.1, -0.05) is 64.2 Å². The minimum absolute atomic E-state index is 0.0794. The number of rotatable bonds is 13. The Labute approximate surface area is 269 Å². The van der Waals surface area contributed by atoms with Crippen molar-refractivity contribution in [3.8, 4) is 0 Å². The standard InChI is InChI=1S/C35H38F6N2O4/c1-32(2,25-21-23(34(36,37)38)12-14-27(25)42-19-16-30(44)45)18-10-8-6-5-7-9-11-29-33(3,4)26-22-24(35(39,40)41)13-15-28(26)43(29)20-17-31(46)47/h5-15,21-22,42H,16-20H2,1-4H3,(H,44,45)(H,46,47)/p+1. The van der Waals surface area contributed by atoms with E-state index < -0.39 is 46.2 Å². The number of allylic oxidation sites excluding steroid dienone is 8. The molecule has 2 aromatic carbocycles. The van der Waals surface area contributed by atoms with Gasteiger partial charge in [0.15, 0.2) is 0 Å². The van der Waals surface area contributed by atoms with Crippen LogP contribution >= 0.6 is 0 Å². The molecule has 12 heteroatoms. The van der Waals surface area contributed by atoms with Crippen molar-refractivity contribution >= 4 is 23.3 Å². The molecule has 47 heavy (non-hydrogen) atoms. The van der Waals surface area contributed by atoms with Gasteiger partial charge >= 0.3 is 24.3 Å². The molecule has 0 radical (unpaired) electrons. The molecule has 254 valence electrons. The molecule has 0 bridgehead atoms. The molecule has 0 aliphatic carbocycles. The minimum atomic E-state index is -4.53. The summed E-state index contributed by atoms with van der Waals surface area (Å²) in [7, 11) is 0. The highest BCUT2D eigenvalue weighted by molar-refractivity contribution is 5.74. The maximum Gasteiger partial charge on any atom is 0.416 e. The molecule has 0 fully saturated rings. The second-order valence-corrected chi connectivity index (χ2v) is 12.4. The lowest BCUT2D eigenvalue weighted by Crippen LogP contribution is -2.79. The molecular formula is C35H39F6N2O4+. The Bertz CT molecular complexity index is 1580. The van der Waals surface area contributed by atoms with E-state index in [0.29, 0.717) is 34.6 Å². The number of carboxylic acid groups (broad SMARTS) is 2. The molecule has 0 aromatic heterocycles. The second-order valence-electron chi connectivity index (χ2n) is 12.4. The lowest BCUT2D eigenvalue weighted by atomic mass is 9.79. The first-order chi connectivity index (χ1) is 21.7. The van der Waals surface area contributed by atoms with Crippen LogP contribution in [0.5, 0.6) is 0 Å². The molecule has 1 aliphatic rings. The van der Waals surface area contributed by atoms with Gasteiger partial charge in [0.1, 0.15) is 5.69 Å². The van der Waals surface area contributed by atoms with Crippen LogP contribution in [0.15, 0.2) is 84.6 Å². The van der Waals surface area contributed by atoms with Crippen LogP contribution in [-0.2, 0) is 32.8 Å². The average Bonchev–Trinajstić information content (AvgIpc) is 3.17. The van der Waals surface area contributed by atoms with E-state index in [0.717, 1.165) is 24.3 Å². The van der Waals surface area contributed by atoms with Crippen molar-refractivity contribution in [1.82, 2.24) is 0 Å². The molecule has 0 unspecified atom stereocenters. The first-order valence-electron chi connectivity index (χ1n) is 14.9. The fourth-order valence-electron chi connectivity index (χ4n) is 5.54. The number of halogens is 6. The van der Waals surface area contributed by atoms with Gasteiger partial charge in [0.2, 0.25) is 0 Å². The van der Waals surface area contributed by atoms with E-state index in [1.807, 2.05) is 19.9 Å². The summed E-state index contributed by atoms with van der Waals surface area (Å²) in [5, 5.41) is 19.8. The Morgan fingerprint density at radius 2 is 1.40 bits per heavy atom. The number of hydrogen-bond donors (Lipinski definition) is 3. The summed E-state index contributed by atoms with van der Waals surface area (Å²) in [4.78, 5) is 23.9. The van der Waals surface area contributed by atoms with Gasteiger partial charge in [-0.15, -0.1) is 0 Å². The summed E-state index contributed by atoms with van der Waals surface area (Å²) < 4.78 is 80.7. The molecule has 1 heterocycles. The SMILES string of the molecule is CC(C)(CC=CC=CC=CC=C1N(CCC(=O)O)c2ccc(C(F)(F)F)cc2C1(C)C)c1cc(C(F)(F)F)ccc1[NH2+]CCC(=O)O. The fraction of sp³-hybridized carbons (Fsp3) is 0.371. The predicted molar refractivity (Wildman–Crippen MR) is 167 cm³/mol. The van der Waals surface area contributed by atoms with E-state index in [9.17, 15) is 41.0 Å². The van der Waals surface area contributed by atoms with Crippen molar-refractivity contribution in [2.45, 2.75) is 70.1 Å². The molecule has 0 atom stereocenters. The van der Waals surface area contributed by atoms with Gasteiger partial charge in [-0.05, 0) is 59.9 Å². The van der Waals surface area contributed by atoms with E-state index >= 15 is 0 Å². The summed E-state index contributed by atoms with van der Waals surface area (Å²) >= 11 is 0. The molecule has 1 aliphatic heterocycles. The zero-order valence-corrected chi connectivity index (χ0v) is 26.5. The van der Waals surface area contributed by atoms with Crippen molar-refractivity contribution in [1.29, 1.82) is 0 Å². The third-order valence-corrected chi connectivity index (χ3v) is 8.06. The summed E-state index contributed by atoms with van der Waals surface area (Å²) in [5.41, 5.74) is -0.492. The Hall–Kier alpha value is -4.32. The van der Waals surface area contributed by atoms with Crippen LogP contribution in [0, 0.1) is 0 Å². The van der Waals surface area contributed by atoms with E-state index in [1.165, 1.54) is 12.1 Å². The first kappa shape index (κ1) is 37.1. The molecule has 0 amide bonds. The highest BCUT2D eigenvalue weighted by Crippen LogP contribution is 2.49. The van der Waals surface area contributed by atoms with Crippen molar-refractivity contribution < 1.29 is 51.5 Å². The quantitative estimate of drug-likeness (QED) is 0.115. The van der Waals surface area contributed by atoms with Crippen LogP contribution in [0.2, 0.25) is 0 Å². The van der Waals surface area contributed by atoms with Crippen molar-refractivity contribution in [2.24, 2.45) is 0 Å². The highest BCUT2D eigenvalue weighted by atomic mass is 19.4. The van der Waals surface area contributed by atoms with Crippen LogP contribution in [0.4, 0.5) is 37.7 Å². The van der Waals surface area contributed by atoms with Gasteiger partial charge in [0.25, 0.3) is 0 Å². The highest BCUT2D eigenvalue weighted by Gasteiger charge is 2.42. The molecule has 6 nitrogen and oxygen atoms in total. The van der Waals surface area contributed by atoms with Crippen molar-refractivity contribution in [3.05, 3.63) is 107 Å². The molecule has 2 aromatic rings. The Balaban J connectivity index is 1.77. The first-order valence-corrected chi connectivity index (χ1v) is 14.9. The molecular weight excluding hydrogens is 626 g/mol. The molecule has 0 saturated carbocycles. The zero-order chi connectivity index (χ0) is 35.2. The molecule has 4 N–H and O–H groups in total. The number of anilines is 1. The Morgan fingerprint density at radius 1 is 0.830 bits per heavy atom. The summed E-state index contributed by atoms with van der Waals surface area (Å²) in [6, 6.07) is 6.93. The maximum absolute atomic E-state index is 13.5. The zero-order valence-electron chi connectivity index (χ0n) is 26.5. The maximum atomic E-state index is 13.5. The van der Waals surface area contributed by atoms with Crippen LogP contribution in [0.1, 0.15) is 69.2 Å². The number of carboxylic acids is 2. The Kier molecular flexibility index (Phi) is 11.6. The number of hydrogen-bond acceptors (Lipinski definition) is 3. The van der Waals surface area contributed by atoms with Gasteiger partial charge in [0.05, 0.1) is 30.5 Å². The topological polar surface area (TPSA) is 94.5 Å². The predicted octanol–water partition coefficient (Wildman–Crippen LogP) is 7.89. The number of nitrogens with zero attached hydrogens (tertiary/aromatic N) is 1. The number of nitrogens with two attached hydrogens (primary N) is 1. The van der Waals surface area contributed by atoms with Gasteiger partial charge in [0, 0.05) is 28.9 Å². The second kappa shape index (κ2) is 14.6. The largest absolute Gasteiger partial charge is 0.481 e. The van der Waals surface area contributed by atoms with Crippen LogP contribution in [0.25, 0.3) is 0 Å². The fourth-order valence-corrected chi connectivity index (χ4v) is 5.54. The van der Waals surface area contributed by atoms with Crippen LogP contribution < -0.4 is 10.2 Å².